The molecule has 0 fully saturated rings. The van der Waals surface area contributed by atoms with Gasteiger partial charge in [0, 0.05) is 25.9 Å². The van der Waals surface area contributed by atoms with Crippen LogP contribution in [0.4, 0.5) is 0 Å². The minimum Gasteiger partial charge on any atom is -0.359 e. The van der Waals surface area contributed by atoms with Crippen LogP contribution in [0.15, 0.2) is 0 Å². The average molecular weight is 210 g/mol. The molecule has 0 aliphatic heterocycles. The molecule has 0 aliphatic carbocycles. The van der Waals surface area contributed by atoms with E-state index in [0.29, 0.717) is 0 Å². The predicted octanol–water partition coefficient (Wildman–Crippen LogP) is 0.609. The standard InChI is InChI=1S/C10H18N4O/c1-6(7(2)10(15)11-4)9-13-12-8(3)14(9)5/h6-7H,1-5H3,(H,11,15). The van der Waals surface area contributed by atoms with E-state index in [-0.39, 0.29) is 17.7 Å². The number of nitrogens with one attached hydrogen (secondary N) is 1. The van der Waals surface area contributed by atoms with Gasteiger partial charge in [0.05, 0.1) is 0 Å². The number of amides is 1. The van der Waals surface area contributed by atoms with Crippen LogP contribution in [-0.2, 0) is 11.8 Å². The van der Waals surface area contributed by atoms with Crippen LogP contribution < -0.4 is 5.32 Å². The molecule has 0 saturated heterocycles. The highest BCUT2D eigenvalue weighted by Crippen LogP contribution is 2.22. The maximum atomic E-state index is 11.5. The number of nitrogens with zero attached hydrogens (tertiary/aromatic N) is 3. The van der Waals surface area contributed by atoms with E-state index in [2.05, 4.69) is 15.5 Å². The lowest BCUT2D eigenvalue weighted by Gasteiger charge is -2.17. The van der Waals surface area contributed by atoms with Crippen molar-refractivity contribution in [1.29, 1.82) is 0 Å². The number of aryl methyl sites for hydroxylation is 1. The van der Waals surface area contributed by atoms with Gasteiger partial charge < -0.3 is 9.88 Å². The summed E-state index contributed by atoms with van der Waals surface area (Å²) in [4.78, 5) is 11.5. The van der Waals surface area contributed by atoms with Gasteiger partial charge in [-0.05, 0) is 6.92 Å². The van der Waals surface area contributed by atoms with Gasteiger partial charge in [-0.2, -0.15) is 0 Å². The molecule has 0 aliphatic rings. The summed E-state index contributed by atoms with van der Waals surface area (Å²) in [5, 5.41) is 10.7. The minimum absolute atomic E-state index is 0.0307. The SMILES string of the molecule is CNC(=O)C(C)C(C)c1nnc(C)n1C. The quantitative estimate of drug-likeness (QED) is 0.795. The van der Waals surface area contributed by atoms with Gasteiger partial charge in [0.2, 0.25) is 5.91 Å². The summed E-state index contributed by atoms with van der Waals surface area (Å²) in [5.41, 5.74) is 0. The van der Waals surface area contributed by atoms with Crippen molar-refractivity contribution in [2.75, 3.05) is 7.05 Å². The lowest BCUT2D eigenvalue weighted by Crippen LogP contribution is -2.29. The fraction of sp³-hybridized carbons (Fsp3) is 0.700. The number of aromatic nitrogens is 3. The third kappa shape index (κ3) is 2.16. The molecule has 2 unspecified atom stereocenters. The van der Waals surface area contributed by atoms with Crippen LogP contribution in [0.2, 0.25) is 0 Å². The summed E-state index contributed by atoms with van der Waals surface area (Å²) in [6.07, 6.45) is 0. The number of hydrogen-bond donors (Lipinski definition) is 1. The first-order chi connectivity index (χ1) is 6.99. The van der Waals surface area contributed by atoms with Crippen molar-refractivity contribution in [2.24, 2.45) is 13.0 Å². The van der Waals surface area contributed by atoms with Crippen LogP contribution in [0.5, 0.6) is 0 Å². The maximum absolute atomic E-state index is 11.5. The van der Waals surface area contributed by atoms with E-state index in [1.807, 2.05) is 32.4 Å². The molecule has 1 heterocycles. The average Bonchev–Trinajstić information content (AvgIpc) is 2.56. The number of rotatable bonds is 3. The zero-order valence-electron chi connectivity index (χ0n) is 9.90. The second kappa shape index (κ2) is 4.42. The third-order valence-electron chi connectivity index (χ3n) is 2.94. The Morgan fingerprint density at radius 1 is 1.40 bits per heavy atom. The highest BCUT2D eigenvalue weighted by atomic mass is 16.1. The van der Waals surface area contributed by atoms with E-state index in [9.17, 15) is 4.79 Å². The Morgan fingerprint density at radius 2 is 2.00 bits per heavy atom. The maximum Gasteiger partial charge on any atom is 0.223 e. The highest BCUT2D eigenvalue weighted by Gasteiger charge is 2.24. The van der Waals surface area contributed by atoms with Crippen LogP contribution >= 0.6 is 0 Å². The van der Waals surface area contributed by atoms with E-state index in [0.717, 1.165) is 11.6 Å². The molecule has 5 nitrogen and oxygen atoms in total. The first-order valence-corrected chi connectivity index (χ1v) is 5.06. The van der Waals surface area contributed by atoms with Gasteiger partial charge in [0.15, 0.2) is 0 Å². The molecule has 0 bridgehead atoms. The van der Waals surface area contributed by atoms with Crippen LogP contribution in [0.25, 0.3) is 0 Å². The summed E-state index contributed by atoms with van der Waals surface area (Å²) >= 11 is 0. The molecule has 0 radical (unpaired) electrons. The summed E-state index contributed by atoms with van der Waals surface area (Å²) in [6.45, 7) is 5.78. The van der Waals surface area contributed by atoms with Gasteiger partial charge in [-0.3, -0.25) is 4.79 Å². The first kappa shape index (κ1) is 11.7. The second-order valence-electron chi connectivity index (χ2n) is 3.86. The Labute approximate surface area is 89.9 Å². The van der Waals surface area contributed by atoms with E-state index in [1.165, 1.54) is 0 Å². The summed E-state index contributed by atoms with van der Waals surface area (Å²) in [7, 11) is 3.56. The molecule has 5 heteroatoms. The molecule has 1 rings (SSSR count). The Hall–Kier alpha value is -1.39. The van der Waals surface area contributed by atoms with Crippen molar-refractivity contribution in [2.45, 2.75) is 26.7 Å². The Morgan fingerprint density at radius 3 is 2.40 bits per heavy atom. The van der Waals surface area contributed by atoms with Crippen molar-refractivity contribution in [1.82, 2.24) is 20.1 Å². The Balaban J connectivity index is 2.89. The van der Waals surface area contributed by atoms with E-state index in [1.54, 1.807) is 7.05 Å². The van der Waals surface area contributed by atoms with Crippen LogP contribution in [0.1, 0.15) is 31.4 Å². The molecular weight excluding hydrogens is 192 g/mol. The van der Waals surface area contributed by atoms with Gasteiger partial charge in [-0.1, -0.05) is 13.8 Å². The second-order valence-corrected chi connectivity index (χ2v) is 3.86. The van der Waals surface area contributed by atoms with Gasteiger partial charge in [0.1, 0.15) is 11.6 Å². The zero-order chi connectivity index (χ0) is 11.6. The van der Waals surface area contributed by atoms with Gasteiger partial charge in [0.25, 0.3) is 0 Å². The van der Waals surface area contributed by atoms with Crippen molar-refractivity contribution in [3.63, 3.8) is 0 Å². The molecule has 1 aromatic rings. The lowest BCUT2D eigenvalue weighted by atomic mass is 9.94. The molecule has 1 N–H and O–H groups in total. The smallest absolute Gasteiger partial charge is 0.223 e. The molecule has 1 amide bonds. The Bertz CT molecular complexity index is 358. The molecule has 15 heavy (non-hydrogen) atoms. The van der Waals surface area contributed by atoms with E-state index < -0.39 is 0 Å². The molecule has 84 valence electrons. The van der Waals surface area contributed by atoms with Crippen molar-refractivity contribution < 1.29 is 4.79 Å². The number of hydrogen-bond acceptors (Lipinski definition) is 3. The molecule has 1 aromatic heterocycles. The topological polar surface area (TPSA) is 59.8 Å². The van der Waals surface area contributed by atoms with Crippen LogP contribution in [0, 0.1) is 12.8 Å². The van der Waals surface area contributed by atoms with Crippen LogP contribution in [0.3, 0.4) is 0 Å². The van der Waals surface area contributed by atoms with Gasteiger partial charge in [-0.15, -0.1) is 10.2 Å². The van der Waals surface area contributed by atoms with Gasteiger partial charge >= 0.3 is 0 Å². The molecular formula is C10H18N4O. The normalized spacial score (nSPS) is 14.7. The predicted molar refractivity (Wildman–Crippen MR) is 57.4 cm³/mol. The third-order valence-corrected chi connectivity index (χ3v) is 2.94. The van der Waals surface area contributed by atoms with Crippen molar-refractivity contribution in [3.8, 4) is 0 Å². The summed E-state index contributed by atoms with van der Waals surface area (Å²) in [5.74, 6) is 1.71. The fourth-order valence-corrected chi connectivity index (χ4v) is 1.50. The van der Waals surface area contributed by atoms with Crippen LogP contribution in [-0.4, -0.2) is 27.7 Å². The number of carbonyl (C=O) groups excluding carboxylic acids is 1. The zero-order valence-corrected chi connectivity index (χ0v) is 9.90. The van der Waals surface area contributed by atoms with E-state index >= 15 is 0 Å². The minimum atomic E-state index is -0.0997. The highest BCUT2D eigenvalue weighted by molar-refractivity contribution is 5.78. The summed E-state index contributed by atoms with van der Waals surface area (Å²) in [6, 6.07) is 0. The number of carbonyl (C=O) groups is 1. The summed E-state index contributed by atoms with van der Waals surface area (Å²) < 4.78 is 1.92. The lowest BCUT2D eigenvalue weighted by molar-refractivity contribution is -0.124. The molecule has 0 spiro atoms. The van der Waals surface area contributed by atoms with E-state index in [4.69, 9.17) is 0 Å². The molecule has 0 saturated carbocycles. The largest absolute Gasteiger partial charge is 0.359 e. The fourth-order valence-electron chi connectivity index (χ4n) is 1.50. The molecule has 2 atom stereocenters. The Kier molecular flexibility index (Phi) is 3.44. The first-order valence-electron chi connectivity index (χ1n) is 5.06. The monoisotopic (exact) mass is 210 g/mol. The van der Waals surface area contributed by atoms with Gasteiger partial charge in [-0.25, -0.2) is 0 Å². The van der Waals surface area contributed by atoms with Crippen molar-refractivity contribution >= 4 is 5.91 Å². The van der Waals surface area contributed by atoms with Crippen molar-refractivity contribution in [3.05, 3.63) is 11.6 Å². The molecule has 0 aromatic carbocycles.